The summed E-state index contributed by atoms with van der Waals surface area (Å²) in [5, 5.41) is 2.64. The smallest absolute Gasteiger partial charge is 0.243 e. The molecule has 0 aliphatic carbocycles. The van der Waals surface area contributed by atoms with Crippen LogP contribution in [0.4, 0.5) is 0 Å². The summed E-state index contributed by atoms with van der Waals surface area (Å²) in [4.78, 5) is 12.0. The molecule has 0 aromatic heterocycles. The van der Waals surface area contributed by atoms with E-state index in [0.29, 0.717) is 6.54 Å². The number of hydrogen-bond acceptors (Lipinski definition) is 3. The molecule has 0 bridgehead atoms. The van der Waals surface area contributed by atoms with Crippen LogP contribution in [-0.2, 0) is 14.8 Å². The van der Waals surface area contributed by atoms with Crippen LogP contribution in [0.2, 0.25) is 0 Å². The molecular weight excluding hydrogens is 276 g/mol. The molecule has 1 atom stereocenters. The molecule has 2 rings (SSSR count). The van der Waals surface area contributed by atoms with Crippen molar-refractivity contribution in [2.45, 2.75) is 24.3 Å². The Bertz CT molecular complexity index is 644. The Morgan fingerprint density at radius 2 is 2.05 bits per heavy atom. The third-order valence-electron chi connectivity index (χ3n) is 3.22. The zero-order chi connectivity index (χ0) is 14.8. The van der Waals surface area contributed by atoms with Gasteiger partial charge in [0.1, 0.15) is 6.04 Å². The van der Waals surface area contributed by atoms with Gasteiger partial charge in [-0.15, -0.1) is 12.3 Å². The number of piperazine rings is 1. The van der Waals surface area contributed by atoms with Gasteiger partial charge >= 0.3 is 0 Å². The molecule has 1 amide bonds. The number of sulfonamides is 1. The molecule has 1 N–H and O–H groups in total. The molecule has 1 saturated heterocycles. The second-order valence-corrected chi connectivity index (χ2v) is 6.53. The van der Waals surface area contributed by atoms with E-state index in [1.165, 1.54) is 4.31 Å². The number of benzene rings is 1. The van der Waals surface area contributed by atoms with Gasteiger partial charge < -0.3 is 5.32 Å². The molecule has 5 nitrogen and oxygen atoms in total. The summed E-state index contributed by atoms with van der Waals surface area (Å²) in [7, 11) is -3.71. The van der Waals surface area contributed by atoms with Crippen LogP contribution in [0, 0.1) is 19.3 Å². The summed E-state index contributed by atoms with van der Waals surface area (Å²) in [6, 6.07) is 5.72. The van der Waals surface area contributed by atoms with Crippen molar-refractivity contribution in [3.8, 4) is 12.3 Å². The lowest BCUT2D eigenvalue weighted by molar-refractivity contribution is -0.126. The van der Waals surface area contributed by atoms with Crippen LogP contribution in [0.3, 0.4) is 0 Å². The van der Waals surface area contributed by atoms with E-state index in [4.69, 9.17) is 6.42 Å². The van der Waals surface area contributed by atoms with Gasteiger partial charge in [-0.2, -0.15) is 4.31 Å². The van der Waals surface area contributed by atoms with Crippen molar-refractivity contribution in [2.75, 3.05) is 13.1 Å². The Labute approximate surface area is 119 Å². The number of rotatable bonds is 3. The zero-order valence-corrected chi connectivity index (χ0v) is 12.0. The molecule has 1 fully saturated rings. The highest BCUT2D eigenvalue weighted by molar-refractivity contribution is 7.89. The van der Waals surface area contributed by atoms with Crippen molar-refractivity contribution in [2.24, 2.45) is 0 Å². The Morgan fingerprint density at radius 3 is 2.65 bits per heavy atom. The van der Waals surface area contributed by atoms with Gasteiger partial charge in [-0.05, 0) is 19.1 Å². The van der Waals surface area contributed by atoms with Crippen molar-refractivity contribution in [1.82, 2.24) is 9.62 Å². The number of carbonyl (C=O) groups is 1. The van der Waals surface area contributed by atoms with Crippen molar-refractivity contribution >= 4 is 15.9 Å². The molecule has 106 valence electrons. The van der Waals surface area contributed by atoms with Gasteiger partial charge in [-0.25, -0.2) is 8.42 Å². The maximum absolute atomic E-state index is 12.6. The largest absolute Gasteiger partial charge is 0.353 e. The van der Waals surface area contributed by atoms with E-state index in [1.807, 2.05) is 6.92 Å². The zero-order valence-electron chi connectivity index (χ0n) is 11.2. The van der Waals surface area contributed by atoms with Crippen LogP contribution >= 0.6 is 0 Å². The molecule has 0 saturated carbocycles. The SMILES string of the molecule is C#CC[C@@H]1C(=O)NCCN1S(=O)(=O)c1ccc(C)cc1. The number of nitrogens with zero attached hydrogens (tertiary/aromatic N) is 1. The fourth-order valence-electron chi connectivity index (χ4n) is 2.13. The molecule has 0 spiro atoms. The topological polar surface area (TPSA) is 66.5 Å². The molecule has 1 aliphatic rings. The van der Waals surface area contributed by atoms with E-state index >= 15 is 0 Å². The standard InChI is InChI=1S/C14H16N2O3S/c1-3-4-13-14(17)15-9-10-16(13)20(18,19)12-7-5-11(2)6-8-12/h1,5-8,13H,4,9-10H2,2H3,(H,15,17)/t13-/m1/s1. The highest BCUT2D eigenvalue weighted by atomic mass is 32.2. The first kappa shape index (κ1) is 14.6. The van der Waals surface area contributed by atoms with Crippen molar-refractivity contribution in [3.05, 3.63) is 29.8 Å². The van der Waals surface area contributed by atoms with Crippen LogP contribution < -0.4 is 5.32 Å². The van der Waals surface area contributed by atoms with E-state index < -0.39 is 16.1 Å². The number of amides is 1. The van der Waals surface area contributed by atoms with Gasteiger partial charge in [-0.3, -0.25) is 4.79 Å². The summed E-state index contributed by atoms with van der Waals surface area (Å²) in [6.07, 6.45) is 5.30. The second-order valence-electron chi connectivity index (χ2n) is 4.64. The second kappa shape index (κ2) is 5.65. The minimum atomic E-state index is -3.71. The molecule has 1 aromatic carbocycles. The minimum absolute atomic E-state index is 0.0664. The molecular formula is C14H16N2O3S. The molecule has 6 heteroatoms. The molecule has 0 unspecified atom stereocenters. The number of aryl methyl sites for hydroxylation is 1. The van der Waals surface area contributed by atoms with Crippen LogP contribution in [-0.4, -0.2) is 37.8 Å². The lowest BCUT2D eigenvalue weighted by atomic mass is 10.1. The van der Waals surface area contributed by atoms with Crippen LogP contribution in [0.1, 0.15) is 12.0 Å². The van der Waals surface area contributed by atoms with E-state index in [1.54, 1.807) is 24.3 Å². The van der Waals surface area contributed by atoms with Crippen molar-refractivity contribution in [3.63, 3.8) is 0 Å². The quantitative estimate of drug-likeness (QED) is 0.825. The van der Waals surface area contributed by atoms with Crippen molar-refractivity contribution in [1.29, 1.82) is 0 Å². The summed E-state index contributed by atoms with van der Waals surface area (Å²) in [6.45, 7) is 2.41. The average Bonchev–Trinajstić information content (AvgIpc) is 2.41. The minimum Gasteiger partial charge on any atom is -0.353 e. The number of nitrogens with one attached hydrogen (secondary N) is 1. The normalized spacial score (nSPS) is 20.2. The van der Waals surface area contributed by atoms with Crippen LogP contribution in [0.5, 0.6) is 0 Å². The van der Waals surface area contributed by atoms with Gasteiger partial charge in [0.25, 0.3) is 0 Å². The first-order valence-corrected chi connectivity index (χ1v) is 7.70. The summed E-state index contributed by atoms with van der Waals surface area (Å²) < 4.78 is 26.4. The number of terminal acetylenes is 1. The predicted molar refractivity (Wildman–Crippen MR) is 75.3 cm³/mol. The van der Waals surface area contributed by atoms with Gasteiger partial charge in [0, 0.05) is 19.5 Å². The summed E-state index contributed by atoms with van der Waals surface area (Å²) in [5.74, 6) is 2.02. The van der Waals surface area contributed by atoms with Crippen LogP contribution in [0.15, 0.2) is 29.2 Å². The fourth-order valence-corrected chi connectivity index (χ4v) is 3.72. The average molecular weight is 292 g/mol. The predicted octanol–water partition coefficient (Wildman–Crippen LogP) is 0.507. The van der Waals surface area contributed by atoms with E-state index in [9.17, 15) is 13.2 Å². The van der Waals surface area contributed by atoms with Gasteiger partial charge in [0.2, 0.25) is 15.9 Å². The Morgan fingerprint density at radius 1 is 1.40 bits per heavy atom. The third-order valence-corrected chi connectivity index (χ3v) is 5.14. The molecule has 20 heavy (non-hydrogen) atoms. The fraction of sp³-hybridized carbons (Fsp3) is 0.357. The highest BCUT2D eigenvalue weighted by Gasteiger charge is 2.37. The lowest BCUT2D eigenvalue weighted by Crippen LogP contribution is -2.56. The van der Waals surface area contributed by atoms with E-state index in [0.717, 1.165) is 5.56 Å². The van der Waals surface area contributed by atoms with Crippen molar-refractivity contribution < 1.29 is 13.2 Å². The third kappa shape index (κ3) is 2.69. The monoisotopic (exact) mass is 292 g/mol. The van der Waals surface area contributed by atoms with Gasteiger partial charge in [-0.1, -0.05) is 17.7 Å². The Balaban J connectivity index is 2.38. The van der Waals surface area contributed by atoms with Crippen LogP contribution in [0.25, 0.3) is 0 Å². The van der Waals surface area contributed by atoms with Gasteiger partial charge in [0.15, 0.2) is 0 Å². The molecule has 1 aromatic rings. The Hall–Kier alpha value is -1.84. The summed E-state index contributed by atoms with van der Waals surface area (Å²) in [5.41, 5.74) is 0.973. The maximum Gasteiger partial charge on any atom is 0.243 e. The van der Waals surface area contributed by atoms with Gasteiger partial charge in [0.05, 0.1) is 4.90 Å². The molecule has 1 aliphatic heterocycles. The number of hydrogen-bond donors (Lipinski definition) is 1. The lowest BCUT2D eigenvalue weighted by Gasteiger charge is -2.33. The maximum atomic E-state index is 12.6. The highest BCUT2D eigenvalue weighted by Crippen LogP contribution is 2.21. The van der Waals surface area contributed by atoms with E-state index in [2.05, 4.69) is 11.2 Å². The molecule has 0 radical (unpaired) electrons. The first-order chi connectivity index (χ1) is 9.46. The van der Waals surface area contributed by atoms with E-state index in [-0.39, 0.29) is 23.8 Å². The number of carbonyl (C=O) groups excluding carboxylic acids is 1. The first-order valence-electron chi connectivity index (χ1n) is 6.26. The Kier molecular flexibility index (Phi) is 4.12. The molecule has 1 heterocycles. The summed E-state index contributed by atoms with van der Waals surface area (Å²) >= 11 is 0.